The van der Waals surface area contributed by atoms with Crippen molar-refractivity contribution in [2.24, 2.45) is 5.92 Å². The van der Waals surface area contributed by atoms with Gasteiger partial charge in [-0.25, -0.2) is 0 Å². The molecule has 1 aliphatic carbocycles. The molecule has 0 radical (unpaired) electrons. The number of nitrogens with zero attached hydrogens (tertiary/aromatic N) is 3. The lowest BCUT2D eigenvalue weighted by Crippen LogP contribution is -2.55. The number of hydrogen-bond donors (Lipinski definition) is 1. The molecule has 0 spiro atoms. The zero-order valence-corrected chi connectivity index (χ0v) is 13.4. The highest BCUT2D eigenvalue weighted by Crippen LogP contribution is 2.36. The normalized spacial score (nSPS) is 35.2. The van der Waals surface area contributed by atoms with Crippen molar-refractivity contribution in [1.82, 2.24) is 9.80 Å². The number of likely N-dealkylation sites (N-methyl/N-ethyl adjacent to an activating group) is 1. The Bertz CT molecular complexity index is 424. The van der Waals surface area contributed by atoms with Crippen LogP contribution in [-0.2, 0) is 4.79 Å². The van der Waals surface area contributed by atoms with Gasteiger partial charge in [-0.2, -0.15) is 5.26 Å². The maximum absolute atomic E-state index is 12.7. The van der Waals surface area contributed by atoms with Gasteiger partial charge in [0.25, 0.3) is 0 Å². The number of aliphatic hydroxyl groups excluding tert-OH is 1. The standard InChI is InChI=1S/C16H27N3O2/c1-12-4-7-16(11-17,8-5-12)18(3)15(21)13(2)19-9-6-14(20)10-19/h12-14,20H,4-10H2,1-3H3/t12?,13?,14-,16?/m1/s1. The number of carbonyl (C=O) groups is 1. The summed E-state index contributed by atoms with van der Waals surface area (Å²) >= 11 is 0. The van der Waals surface area contributed by atoms with Crippen LogP contribution >= 0.6 is 0 Å². The van der Waals surface area contributed by atoms with Gasteiger partial charge in [-0.15, -0.1) is 0 Å². The second-order valence-electron chi connectivity index (χ2n) is 6.84. The third-order valence-electron chi connectivity index (χ3n) is 5.38. The molecule has 1 heterocycles. The molecule has 2 rings (SSSR count). The Morgan fingerprint density at radius 1 is 1.43 bits per heavy atom. The molecule has 5 heteroatoms. The van der Waals surface area contributed by atoms with Gasteiger partial charge in [0.05, 0.1) is 18.2 Å². The fourth-order valence-corrected chi connectivity index (χ4v) is 3.53. The topological polar surface area (TPSA) is 67.6 Å². The van der Waals surface area contributed by atoms with Crippen molar-refractivity contribution in [2.45, 2.75) is 63.6 Å². The van der Waals surface area contributed by atoms with Crippen LogP contribution in [0.15, 0.2) is 0 Å². The fraction of sp³-hybridized carbons (Fsp3) is 0.875. The zero-order chi connectivity index (χ0) is 15.6. The van der Waals surface area contributed by atoms with E-state index in [1.54, 1.807) is 11.9 Å². The number of nitriles is 1. The highest BCUT2D eigenvalue weighted by atomic mass is 16.3. The molecule has 5 nitrogen and oxygen atoms in total. The van der Waals surface area contributed by atoms with E-state index in [-0.39, 0.29) is 18.1 Å². The minimum atomic E-state index is -0.643. The van der Waals surface area contributed by atoms with Crippen molar-refractivity contribution < 1.29 is 9.90 Å². The summed E-state index contributed by atoms with van der Waals surface area (Å²) in [5.74, 6) is 0.640. The largest absolute Gasteiger partial charge is 0.392 e. The molecule has 1 saturated carbocycles. The Kier molecular flexibility index (Phi) is 4.90. The summed E-state index contributed by atoms with van der Waals surface area (Å²) in [5.41, 5.74) is -0.643. The highest BCUT2D eigenvalue weighted by Gasteiger charge is 2.42. The number of rotatable bonds is 3. The van der Waals surface area contributed by atoms with Crippen molar-refractivity contribution in [3.8, 4) is 6.07 Å². The van der Waals surface area contributed by atoms with E-state index in [1.807, 2.05) is 11.8 Å². The molecule has 1 amide bonds. The van der Waals surface area contributed by atoms with Gasteiger partial charge >= 0.3 is 0 Å². The summed E-state index contributed by atoms with van der Waals surface area (Å²) in [6, 6.07) is 2.14. The van der Waals surface area contributed by atoms with Gasteiger partial charge < -0.3 is 10.0 Å². The molecule has 118 valence electrons. The molecule has 1 saturated heterocycles. The quantitative estimate of drug-likeness (QED) is 0.853. The van der Waals surface area contributed by atoms with Gasteiger partial charge in [-0.3, -0.25) is 9.69 Å². The lowest BCUT2D eigenvalue weighted by Gasteiger charge is -2.42. The van der Waals surface area contributed by atoms with E-state index in [9.17, 15) is 15.2 Å². The van der Waals surface area contributed by atoms with Gasteiger partial charge in [0.15, 0.2) is 0 Å². The number of aliphatic hydroxyl groups is 1. The maximum Gasteiger partial charge on any atom is 0.240 e. The van der Waals surface area contributed by atoms with Gasteiger partial charge in [-0.1, -0.05) is 6.92 Å². The smallest absolute Gasteiger partial charge is 0.240 e. The van der Waals surface area contributed by atoms with Gasteiger partial charge in [0, 0.05) is 20.1 Å². The second kappa shape index (κ2) is 6.33. The van der Waals surface area contributed by atoms with Crippen molar-refractivity contribution >= 4 is 5.91 Å². The van der Waals surface area contributed by atoms with E-state index in [4.69, 9.17) is 0 Å². The molecular weight excluding hydrogens is 266 g/mol. The first-order chi connectivity index (χ1) is 9.89. The predicted octanol–water partition coefficient (Wildman–Crippen LogP) is 1.37. The van der Waals surface area contributed by atoms with Crippen molar-refractivity contribution in [3.63, 3.8) is 0 Å². The molecule has 2 fully saturated rings. The summed E-state index contributed by atoms with van der Waals surface area (Å²) in [4.78, 5) is 16.4. The Labute approximate surface area is 127 Å². The fourth-order valence-electron chi connectivity index (χ4n) is 3.53. The molecule has 1 unspecified atom stereocenters. The first kappa shape index (κ1) is 16.3. The molecular formula is C16H27N3O2. The molecule has 0 aromatic rings. The molecule has 1 N–H and O–H groups in total. The summed E-state index contributed by atoms with van der Waals surface area (Å²) < 4.78 is 0. The van der Waals surface area contributed by atoms with E-state index in [2.05, 4.69) is 13.0 Å². The Morgan fingerprint density at radius 2 is 2.05 bits per heavy atom. The third-order valence-corrected chi connectivity index (χ3v) is 5.38. The summed E-state index contributed by atoms with van der Waals surface area (Å²) in [6.07, 6.45) is 3.93. The Hall–Kier alpha value is -1.12. The predicted molar refractivity (Wildman–Crippen MR) is 80.4 cm³/mol. The van der Waals surface area contributed by atoms with Crippen molar-refractivity contribution in [3.05, 3.63) is 0 Å². The first-order valence-electron chi connectivity index (χ1n) is 8.00. The molecule has 0 bridgehead atoms. The van der Waals surface area contributed by atoms with Crippen LogP contribution in [0.4, 0.5) is 0 Å². The molecule has 2 atom stereocenters. The number of β-amino-alcohol motifs (C(OH)–C–C–N with tert-alkyl or cyclic N) is 1. The number of amides is 1. The monoisotopic (exact) mass is 293 g/mol. The van der Waals surface area contributed by atoms with Crippen LogP contribution in [0.25, 0.3) is 0 Å². The van der Waals surface area contributed by atoms with E-state index < -0.39 is 5.54 Å². The Morgan fingerprint density at radius 3 is 2.52 bits per heavy atom. The van der Waals surface area contributed by atoms with Gasteiger partial charge in [0.1, 0.15) is 5.54 Å². The minimum Gasteiger partial charge on any atom is -0.392 e. The zero-order valence-electron chi connectivity index (χ0n) is 13.4. The van der Waals surface area contributed by atoms with E-state index in [0.717, 1.165) is 38.6 Å². The van der Waals surface area contributed by atoms with Crippen LogP contribution in [0.2, 0.25) is 0 Å². The van der Waals surface area contributed by atoms with Gasteiger partial charge in [0.2, 0.25) is 5.91 Å². The van der Waals surface area contributed by atoms with E-state index in [1.165, 1.54) is 0 Å². The number of likely N-dealkylation sites (tertiary alicyclic amines) is 1. The molecule has 0 aromatic heterocycles. The van der Waals surface area contributed by atoms with Crippen LogP contribution in [0.3, 0.4) is 0 Å². The Balaban J connectivity index is 2.05. The maximum atomic E-state index is 12.7. The average molecular weight is 293 g/mol. The molecule has 2 aliphatic rings. The third kappa shape index (κ3) is 3.22. The minimum absolute atomic E-state index is 0.000188. The van der Waals surface area contributed by atoms with E-state index >= 15 is 0 Å². The highest BCUT2D eigenvalue weighted by molar-refractivity contribution is 5.82. The molecule has 21 heavy (non-hydrogen) atoms. The number of carbonyl (C=O) groups excluding carboxylic acids is 1. The van der Waals surface area contributed by atoms with E-state index in [0.29, 0.717) is 12.5 Å². The lowest BCUT2D eigenvalue weighted by atomic mass is 9.77. The summed E-state index contributed by atoms with van der Waals surface area (Å²) in [7, 11) is 1.77. The second-order valence-corrected chi connectivity index (χ2v) is 6.84. The van der Waals surface area contributed by atoms with Crippen molar-refractivity contribution in [1.29, 1.82) is 5.26 Å². The molecule has 1 aliphatic heterocycles. The summed E-state index contributed by atoms with van der Waals surface area (Å²) in [6.45, 7) is 5.39. The van der Waals surface area contributed by atoms with Crippen LogP contribution in [0, 0.1) is 17.2 Å². The average Bonchev–Trinajstić information content (AvgIpc) is 2.93. The first-order valence-corrected chi connectivity index (χ1v) is 8.00. The lowest BCUT2D eigenvalue weighted by molar-refractivity contribution is -0.140. The van der Waals surface area contributed by atoms with Crippen LogP contribution in [0.5, 0.6) is 0 Å². The van der Waals surface area contributed by atoms with Crippen LogP contribution in [0.1, 0.15) is 46.0 Å². The SMILES string of the molecule is CC1CCC(C#N)(N(C)C(=O)C(C)N2CC[C@@H](O)C2)CC1. The van der Waals surface area contributed by atoms with Crippen LogP contribution < -0.4 is 0 Å². The van der Waals surface area contributed by atoms with Crippen LogP contribution in [-0.4, -0.2) is 58.6 Å². The van der Waals surface area contributed by atoms with Gasteiger partial charge in [-0.05, 0) is 44.9 Å². The van der Waals surface area contributed by atoms with Crippen molar-refractivity contribution in [2.75, 3.05) is 20.1 Å². The summed E-state index contributed by atoms with van der Waals surface area (Å²) in [5, 5.41) is 19.3. The molecule has 0 aromatic carbocycles. The number of hydrogen-bond acceptors (Lipinski definition) is 4.